The van der Waals surface area contributed by atoms with Gasteiger partial charge in [0.15, 0.2) is 0 Å². The fourth-order valence-corrected chi connectivity index (χ4v) is 6.37. The molecule has 0 amide bonds. The van der Waals surface area contributed by atoms with Crippen LogP contribution in [0.25, 0.3) is 12.2 Å². The molecule has 0 aromatic carbocycles. The van der Waals surface area contributed by atoms with Crippen LogP contribution in [0.2, 0.25) is 0 Å². The maximum atomic E-state index is 2.39. The molecule has 0 spiro atoms. The van der Waals surface area contributed by atoms with Crippen LogP contribution in [0, 0.1) is 0 Å². The van der Waals surface area contributed by atoms with Crippen molar-refractivity contribution in [2.24, 2.45) is 0 Å². The topological polar surface area (TPSA) is 0 Å². The number of aryl methyl sites for hydroxylation is 2. The largest absolute Gasteiger partial charge is 0.144 e. The molecule has 0 N–H and O–H groups in total. The van der Waals surface area contributed by atoms with Gasteiger partial charge in [-0.05, 0) is 96.5 Å². The monoisotopic (exact) mass is 520 g/mol. The molecule has 2 aromatic rings. The van der Waals surface area contributed by atoms with Gasteiger partial charge in [-0.25, -0.2) is 0 Å². The van der Waals surface area contributed by atoms with Gasteiger partial charge in [0.05, 0.1) is 0 Å². The SMILES string of the molecule is CCCCc1csc(/C=C/C=C/C=C/C=C/C=C/c2scc(CCCC)c2CCCC)c1CCCC. The molecular weight excluding hydrogens is 473 g/mol. The minimum Gasteiger partial charge on any atom is -0.144 e. The summed E-state index contributed by atoms with van der Waals surface area (Å²) in [6, 6.07) is 0. The second-order valence-corrected chi connectivity index (χ2v) is 11.3. The maximum absolute atomic E-state index is 2.39. The highest BCUT2D eigenvalue weighted by Gasteiger charge is 2.10. The van der Waals surface area contributed by atoms with E-state index in [9.17, 15) is 0 Å². The number of hydrogen-bond donors (Lipinski definition) is 0. The molecular formula is C34H48S2. The van der Waals surface area contributed by atoms with Gasteiger partial charge in [-0.15, -0.1) is 22.7 Å². The summed E-state index contributed by atoms with van der Waals surface area (Å²) in [5.74, 6) is 0. The second kappa shape index (κ2) is 19.2. The summed E-state index contributed by atoms with van der Waals surface area (Å²) in [6.45, 7) is 9.12. The van der Waals surface area contributed by atoms with Gasteiger partial charge in [0, 0.05) is 9.75 Å². The van der Waals surface area contributed by atoms with Crippen molar-refractivity contribution in [3.63, 3.8) is 0 Å². The van der Waals surface area contributed by atoms with E-state index in [1.54, 1.807) is 22.3 Å². The molecule has 0 saturated carbocycles. The fraction of sp³-hybridized carbons (Fsp3) is 0.471. The van der Waals surface area contributed by atoms with E-state index < -0.39 is 0 Å². The zero-order valence-electron chi connectivity index (χ0n) is 23.2. The molecule has 0 aliphatic heterocycles. The third kappa shape index (κ3) is 11.0. The number of thiophene rings is 2. The lowest BCUT2D eigenvalue weighted by molar-refractivity contribution is 0.761. The summed E-state index contributed by atoms with van der Waals surface area (Å²) in [6.07, 6.45) is 36.7. The molecule has 0 bridgehead atoms. The summed E-state index contributed by atoms with van der Waals surface area (Å²) in [4.78, 5) is 2.89. The highest BCUT2D eigenvalue weighted by molar-refractivity contribution is 7.11. The molecule has 2 heteroatoms. The van der Waals surface area contributed by atoms with E-state index in [1.165, 1.54) is 86.8 Å². The van der Waals surface area contributed by atoms with Crippen LogP contribution in [0.15, 0.2) is 59.4 Å². The molecule has 36 heavy (non-hydrogen) atoms. The Morgan fingerprint density at radius 2 is 0.806 bits per heavy atom. The van der Waals surface area contributed by atoms with Crippen molar-refractivity contribution in [2.75, 3.05) is 0 Å². The van der Waals surface area contributed by atoms with E-state index in [0.717, 1.165) is 0 Å². The van der Waals surface area contributed by atoms with E-state index >= 15 is 0 Å². The normalized spacial score (nSPS) is 12.7. The first-order chi connectivity index (χ1) is 17.7. The lowest BCUT2D eigenvalue weighted by atomic mass is 10.0. The minimum atomic E-state index is 1.21. The molecule has 0 atom stereocenters. The molecule has 0 fully saturated rings. The number of allylic oxidation sites excluding steroid dienone is 8. The third-order valence-electron chi connectivity index (χ3n) is 6.46. The van der Waals surface area contributed by atoms with Crippen LogP contribution in [0.1, 0.15) is 111 Å². The van der Waals surface area contributed by atoms with Crippen molar-refractivity contribution < 1.29 is 0 Å². The molecule has 2 rings (SSSR count). The second-order valence-electron chi connectivity index (χ2n) is 9.49. The van der Waals surface area contributed by atoms with Gasteiger partial charge in [0.25, 0.3) is 0 Å². The quantitative estimate of drug-likeness (QED) is 0.171. The van der Waals surface area contributed by atoms with Gasteiger partial charge in [0.2, 0.25) is 0 Å². The Morgan fingerprint density at radius 1 is 0.472 bits per heavy atom. The molecule has 0 saturated heterocycles. The average molecular weight is 521 g/mol. The molecule has 0 radical (unpaired) electrons. The molecule has 0 nitrogen and oxygen atoms in total. The van der Waals surface area contributed by atoms with Gasteiger partial charge in [0.1, 0.15) is 0 Å². The molecule has 0 aliphatic carbocycles. The van der Waals surface area contributed by atoms with E-state index in [0.29, 0.717) is 0 Å². The first-order valence-corrected chi connectivity index (χ1v) is 16.0. The highest BCUT2D eigenvalue weighted by Crippen LogP contribution is 2.28. The molecule has 0 aliphatic rings. The maximum Gasteiger partial charge on any atom is 0.0305 e. The van der Waals surface area contributed by atoms with Crippen molar-refractivity contribution in [3.8, 4) is 0 Å². The number of rotatable bonds is 18. The van der Waals surface area contributed by atoms with E-state index in [4.69, 9.17) is 0 Å². The lowest BCUT2D eigenvalue weighted by Crippen LogP contribution is -1.92. The van der Waals surface area contributed by atoms with E-state index in [1.807, 2.05) is 22.7 Å². The van der Waals surface area contributed by atoms with Crippen molar-refractivity contribution >= 4 is 34.8 Å². The Bertz CT molecular complexity index is 910. The van der Waals surface area contributed by atoms with Crippen LogP contribution in [-0.2, 0) is 25.7 Å². The summed E-state index contributed by atoms with van der Waals surface area (Å²) in [5, 5.41) is 4.77. The van der Waals surface area contributed by atoms with Crippen molar-refractivity contribution in [2.45, 2.75) is 105 Å². The van der Waals surface area contributed by atoms with Crippen LogP contribution in [-0.4, -0.2) is 0 Å². The Morgan fingerprint density at radius 3 is 1.17 bits per heavy atom. The zero-order chi connectivity index (χ0) is 25.8. The van der Waals surface area contributed by atoms with Crippen molar-refractivity contribution in [1.29, 1.82) is 0 Å². The summed E-state index contributed by atoms with van der Waals surface area (Å²) in [7, 11) is 0. The molecule has 2 aromatic heterocycles. The van der Waals surface area contributed by atoms with E-state index in [2.05, 4.69) is 99.2 Å². The fourth-order valence-electron chi connectivity index (χ4n) is 4.25. The van der Waals surface area contributed by atoms with Gasteiger partial charge >= 0.3 is 0 Å². The lowest BCUT2D eigenvalue weighted by Gasteiger charge is -2.04. The summed E-state index contributed by atoms with van der Waals surface area (Å²) >= 11 is 3.81. The smallest absolute Gasteiger partial charge is 0.0305 e. The standard InChI is InChI=1S/C34H48S2/c1-5-9-21-29-27-35-33(31(29)23-11-7-3)25-19-17-15-13-14-16-18-20-26-34-32(24-12-8-4)30(28-36-34)22-10-6-2/h13-20,25-28H,5-12,21-24H2,1-4H3/b14-13+,17-15+,18-16+,25-19+,26-20+. The van der Waals surface area contributed by atoms with Crippen molar-refractivity contribution in [1.82, 2.24) is 0 Å². The summed E-state index contributed by atoms with van der Waals surface area (Å²) < 4.78 is 0. The third-order valence-corrected chi connectivity index (χ3v) is 8.54. The summed E-state index contributed by atoms with van der Waals surface area (Å²) in [5.41, 5.74) is 6.33. The van der Waals surface area contributed by atoms with Gasteiger partial charge < -0.3 is 0 Å². The van der Waals surface area contributed by atoms with Crippen molar-refractivity contribution in [3.05, 3.63) is 91.4 Å². The van der Waals surface area contributed by atoms with Crippen LogP contribution in [0.5, 0.6) is 0 Å². The predicted octanol–water partition coefficient (Wildman–Crippen LogP) is 11.6. The van der Waals surface area contributed by atoms with Crippen LogP contribution in [0.4, 0.5) is 0 Å². The van der Waals surface area contributed by atoms with Crippen LogP contribution < -0.4 is 0 Å². The van der Waals surface area contributed by atoms with E-state index in [-0.39, 0.29) is 0 Å². The Balaban J connectivity index is 1.89. The molecule has 196 valence electrons. The van der Waals surface area contributed by atoms with Gasteiger partial charge in [-0.3, -0.25) is 0 Å². The number of unbranched alkanes of at least 4 members (excludes halogenated alkanes) is 4. The predicted molar refractivity (Wildman–Crippen MR) is 169 cm³/mol. The Labute approximate surface area is 230 Å². The van der Waals surface area contributed by atoms with Crippen LogP contribution >= 0.6 is 22.7 Å². The zero-order valence-corrected chi connectivity index (χ0v) is 24.9. The van der Waals surface area contributed by atoms with Gasteiger partial charge in [-0.1, -0.05) is 102 Å². The first-order valence-electron chi connectivity index (χ1n) is 14.3. The Hall–Kier alpha value is -1.90. The number of hydrogen-bond acceptors (Lipinski definition) is 2. The highest BCUT2D eigenvalue weighted by atomic mass is 32.1. The minimum absolute atomic E-state index is 1.21. The van der Waals surface area contributed by atoms with Crippen LogP contribution in [0.3, 0.4) is 0 Å². The molecule has 0 unspecified atom stereocenters. The first kappa shape index (κ1) is 30.3. The van der Waals surface area contributed by atoms with Gasteiger partial charge in [-0.2, -0.15) is 0 Å². The molecule has 2 heterocycles. The Kier molecular flexibility index (Phi) is 16.2. The average Bonchev–Trinajstić information content (AvgIpc) is 3.47.